The third kappa shape index (κ3) is 3.36. The van der Waals surface area contributed by atoms with E-state index < -0.39 is 0 Å². The van der Waals surface area contributed by atoms with Gasteiger partial charge in [0.2, 0.25) is 0 Å². The van der Waals surface area contributed by atoms with E-state index in [1.807, 2.05) is 12.1 Å². The van der Waals surface area contributed by atoms with Crippen LogP contribution < -0.4 is 15.6 Å². The summed E-state index contributed by atoms with van der Waals surface area (Å²) in [5, 5.41) is 11.4. The van der Waals surface area contributed by atoms with Crippen molar-refractivity contribution in [1.82, 2.24) is 0 Å². The Bertz CT molecular complexity index is 620. The highest BCUT2D eigenvalue weighted by Gasteiger charge is 2.11. The first kappa shape index (κ1) is 15.0. The number of ether oxygens (including phenoxy) is 1. The topological polar surface area (TPSA) is 58.7 Å². The number of hydrogen-bond donors (Lipinski definition) is 2. The highest BCUT2D eigenvalue weighted by molar-refractivity contribution is 9.10. The standard InChI is InChI=1S/C14H14BrClN2O2/c1-18(17)13-4-2-3-12(16)10(13)8-20-14-6-5-9(19)7-11(14)15/h2-7,19H,8,17H2,1H3. The number of nitrogens with two attached hydrogens (primary N) is 1. The van der Waals surface area contributed by atoms with Gasteiger partial charge in [0.25, 0.3) is 0 Å². The summed E-state index contributed by atoms with van der Waals surface area (Å²) in [7, 11) is 1.74. The summed E-state index contributed by atoms with van der Waals surface area (Å²) in [6.45, 7) is 0.278. The Labute approximate surface area is 130 Å². The van der Waals surface area contributed by atoms with Crippen LogP contribution in [0.1, 0.15) is 5.56 Å². The van der Waals surface area contributed by atoms with Gasteiger partial charge in [-0.1, -0.05) is 17.7 Å². The summed E-state index contributed by atoms with van der Waals surface area (Å²) in [5.74, 6) is 6.57. The number of rotatable bonds is 4. The molecule has 6 heteroatoms. The number of aromatic hydroxyl groups is 1. The zero-order valence-corrected chi connectivity index (χ0v) is 13.1. The number of anilines is 1. The predicted octanol–water partition coefficient (Wildman–Crippen LogP) is 3.70. The lowest BCUT2D eigenvalue weighted by molar-refractivity contribution is 0.304. The van der Waals surface area contributed by atoms with Crippen molar-refractivity contribution < 1.29 is 9.84 Å². The molecule has 0 heterocycles. The van der Waals surface area contributed by atoms with Gasteiger partial charge in [0.05, 0.1) is 10.2 Å². The largest absolute Gasteiger partial charge is 0.508 e. The van der Waals surface area contributed by atoms with E-state index in [4.69, 9.17) is 22.2 Å². The minimum absolute atomic E-state index is 0.171. The number of phenols is 1. The maximum absolute atomic E-state index is 9.35. The minimum atomic E-state index is 0.171. The molecule has 0 amide bonds. The first-order valence-electron chi connectivity index (χ1n) is 5.86. The van der Waals surface area contributed by atoms with E-state index in [0.29, 0.717) is 15.2 Å². The molecule has 0 fully saturated rings. The van der Waals surface area contributed by atoms with Gasteiger partial charge in [-0.05, 0) is 46.3 Å². The fourth-order valence-corrected chi connectivity index (χ4v) is 2.48. The molecular weight excluding hydrogens is 344 g/mol. The second-order valence-electron chi connectivity index (χ2n) is 4.25. The van der Waals surface area contributed by atoms with E-state index in [2.05, 4.69) is 15.9 Å². The molecule has 0 aromatic heterocycles. The summed E-state index contributed by atoms with van der Waals surface area (Å²) in [4.78, 5) is 0. The number of halogens is 2. The Kier molecular flexibility index (Phi) is 4.75. The number of nitrogens with zero attached hydrogens (tertiary/aromatic N) is 1. The van der Waals surface area contributed by atoms with Crippen LogP contribution in [0.2, 0.25) is 5.02 Å². The van der Waals surface area contributed by atoms with Gasteiger partial charge in [-0.2, -0.15) is 0 Å². The smallest absolute Gasteiger partial charge is 0.134 e. The zero-order valence-electron chi connectivity index (χ0n) is 10.8. The third-order valence-electron chi connectivity index (χ3n) is 2.76. The van der Waals surface area contributed by atoms with Gasteiger partial charge in [-0.15, -0.1) is 0 Å². The molecule has 2 rings (SSSR count). The normalized spacial score (nSPS) is 10.4. The van der Waals surface area contributed by atoms with Crippen LogP contribution in [-0.2, 0) is 6.61 Å². The number of benzene rings is 2. The van der Waals surface area contributed by atoms with Gasteiger partial charge in [0.1, 0.15) is 18.1 Å². The maximum Gasteiger partial charge on any atom is 0.134 e. The van der Waals surface area contributed by atoms with Crippen molar-refractivity contribution in [3.63, 3.8) is 0 Å². The van der Waals surface area contributed by atoms with Gasteiger partial charge in [0, 0.05) is 17.6 Å². The molecule has 0 bridgehead atoms. The fraction of sp³-hybridized carbons (Fsp3) is 0.143. The monoisotopic (exact) mass is 356 g/mol. The van der Waals surface area contributed by atoms with Crippen molar-refractivity contribution in [3.8, 4) is 11.5 Å². The lowest BCUT2D eigenvalue weighted by atomic mass is 10.2. The molecule has 106 valence electrons. The lowest BCUT2D eigenvalue weighted by Crippen LogP contribution is -2.26. The van der Waals surface area contributed by atoms with Crippen LogP contribution in [0.5, 0.6) is 11.5 Å². The second-order valence-corrected chi connectivity index (χ2v) is 5.51. The third-order valence-corrected chi connectivity index (χ3v) is 3.74. The van der Waals surface area contributed by atoms with Crippen LogP contribution in [0, 0.1) is 0 Å². The van der Waals surface area contributed by atoms with E-state index in [9.17, 15) is 5.11 Å². The molecule has 0 saturated carbocycles. The minimum Gasteiger partial charge on any atom is -0.508 e. The number of hydrogen-bond acceptors (Lipinski definition) is 4. The van der Waals surface area contributed by atoms with Gasteiger partial charge in [0.15, 0.2) is 0 Å². The predicted molar refractivity (Wildman–Crippen MR) is 84.2 cm³/mol. The fourth-order valence-electron chi connectivity index (χ4n) is 1.78. The van der Waals surface area contributed by atoms with E-state index in [1.54, 1.807) is 31.3 Å². The lowest BCUT2D eigenvalue weighted by Gasteiger charge is -2.18. The Balaban J connectivity index is 2.23. The van der Waals surface area contributed by atoms with Crippen molar-refractivity contribution in [2.24, 2.45) is 5.84 Å². The van der Waals surface area contributed by atoms with Crippen molar-refractivity contribution >= 4 is 33.2 Å². The van der Waals surface area contributed by atoms with Crippen LogP contribution in [0.15, 0.2) is 40.9 Å². The molecule has 0 unspecified atom stereocenters. The van der Waals surface area contributed by atoms with Crippen molar-refractivity contribution in [1.29, 1.82) is 0 Å². The number of hydrazine groups is 1. The molecular formula is C14H14BrClN2O2. The molecule has 2 aromatic carbocycles. The van der Waals surface area contributed by atoms with Crippen LogP contribution in [-0.4, -0.2) is 12.2 Å². The summed E-state index contributed by atoms with van der Waals surface area (Å²) < 4.78 is 6.40. The average molecular weight is 358 g/mol. The van der Waals surface area contributed by atoms with Crippen LogP contribution in [0.4, 0.5) is 5.69 Å². The van der Waals surface area contributed by atoms with Crippen molar-refractivity contribution in [3.05, 3.63) is 51.5 Å². The van der Waals surface area contributed by atoms with Crippen molar-refractivity contribution in [2.75, 3.05) is 12.1 Å². The Morgan fingerprint density at radius 1 is 1.35 bits per heavy atom. The molecule has 0 spiro atoms. The summed E-state index contributed by atoms with van der Waals surface area (Å²) >= 11 is 9.52. The molecule has 20 heavy (non-hydrogen) atoms. The van der Waals surface area contributed by atoms with E-state index >= 15 is 0 Å². The van der Waals surface area contributed by atoms with E-state index in [0.717, 1.165) is 11.3 Å². The van der Waals surface area contributed by atoms with Crippen molar-refractivity contribution in [2.45, 2.75) is 6.61 Å². The number of phenolic OH excluding ortho intramolecular Hbond substituents is 1. The molecule has 0 saturated heterocycles. The van der Waals surface area contributed by atoms with Gasteiger partial charge < -0.3 is 14.9 Å². The zero-order chi connectivity index (χ0) is 14.7. The second kappa shape index (κ2) is 6.35. The highest BCUT2D eigenvalue weighted by Crippen LogP contribution is 2.31. The Morgan fingerprint density at radius 3 is 2.75 bits per heavy atom. The summed E-state index contributed by atoms with van der Waals surface area (Å²) in [6, 6.07) is 10.3. The molecule has 0 radical (unpaired) electrons. The van der Waals surface area contributed by atoms with Gasteiger partial charge in [-0.3, -0.25) is 0 Å². The summed E-state index contributed by atoms with van der Waals surface area (Å²) in [5.41, 5.74) is 1.60. The molecule has 0 aliphatic rings. The van der Waals surface area contributed by atoms with E-state index in [1.165, 1.54) is 5.01 Å². The summed E-state index contributed by atoms with van der Waals surface area (Å²) in [6.07, 6.45) is 0. The molecule has 2 aromatic rings. The van der Waals surface area contributed by atoms with Crippen LogP contribution in [0.25, 0.3) is 0 Å². The molecule has 0 aliphatic heterocycles. The quantitative estimate of drug-likeness (QED) is 0.647. The molecule has 0 atom stereocenters. The van der Waals surface area contributed by atoms with Crippen LogP contribution >= 0.6 is 27.5 Å². The average Bonchev–Trinajstić information content (AvgIpc) is 2.38. The molecule has 3 N–H and O–H groups in total. The maximum atomic E-state index is 9.35. The SMILES string of the molecule is CN(N)c1cccc(Cl)c1COc1ccc(O)cc1Br. The van der Waals surface area contributed by atoms with Crippen LogP contribution in [0.3, 0.4) is 0 Å². The first-order valence-corrected chi connectivity index (χ1v) is 7.03. The molecule has 4 nitrogen and oxygen atoms in total. The van der Waals surface area contributed by atoms with Gasteiger partial charge in [-0.25, -0.2) is 5.84 Å². The Morgan fingerprint density at radius 2 is 2.10 bits per heavy atom. The first-order chi connectivity index (χ1) is 9.49. The highest BCUT2D eigenvalue weighted by atomic mass is 79.9. The van der Waals surface area contributed by atoms with E-state index in [-0.39, 0.29) is 12.4 Å². The van der Waals surface area contributed by atoms with Gasteiger partial charge >= 0.3 is 0 Å². The molecule has 0 aliphatic carbocycles. The Hall–Kier alpha value is -1.43.